The number of phenols is 3. The second-order valence-corrected chi connectivity index (χ2v) is 31.7. The Bertz CT molecular complexity index is 3970. The van der Waals surface area contributed by atoms with Gasteiger partial charge in [0.15, 0.2) is 0 Å². The van der Waals surface area contributed by atoms with Crippen LogP contribution in [0.4, 0.5) is 0 Å². The van der Waals surface area contributed by atoms with Gasteiger partial charge < -0.3 is 54.0 Å². The summed E-state index contributed by atoms with van der Waals surface area (Å²) in [6, 6.07) is 24.1. The van der Waals surface area contributed by atoms with Gasteiger partial charge in [0.05, 0.1) is 54.2 Å². The molecule has 5 aromatic carbocycles. The van der Waals surface area contributed by atoms with E-state index in [-0.39, 0.29) is 65.1 Å². The number of aromatic hydroxyl groups is 3. The molecular formula is C80H90N2O11. The molecule has 5 spiro atoms. The Labute approximate surface area is 546 Å². The molecule has 7 N–H and O–H groups in total. The zero-order valence-corrected chi connectivity index (χ0v) is 53.6. The fourth-order valence-corrected chi connectivity index (χ4v) is 25.1. The number of hydrogen-bond donors (Lipinski definition) is 7. The predicted molar refractivity (Wildman–Crippen MR) is 352 cm³/mol. The van der Waals surface area contributed by atoms with Gasteiger partial charge in [-0.3, -0.25) is 10.6 Å². The van der Waals surface area contributed by atoms with Gasteiger partial charge >= 0.3 is 0 Å². The number of allylic oxidation sites excluding steroid dienone is 2. The Morgan fingerprint density at radius 3 is 2.45 bits per heavy atom. The SMILES string of the molecule is COCCCC1Oc2c3cc(c4cc(O)ccc24)OCC#CC2CNC4(CC5(CCCC5)C56CCC78CCC9CCC(C(C=CC75)C46)C98)NC24C2C=CC(C(O)C2)C4OC3C1C1COc2c(Cc3cc(O)ccc3-c3cccc(O)c3)cc(OC3CCCC3)cc2C1O. The Hall–Kier alpha value is -6.24. The number of ether oxygens (including phenoxy) is 6. The van der Waals surface area contributed by atoms with E-state index in [1.165, 1.54) is 64.2 Å². The van der Waals surface area contributed by atoms with Crippen molar-refractivity contribution in [2.45, 2.75) is 170 Å². The highest BCUT2D eigenvalue weighted by Crippen LogP contribution is 2.86. The molecule has 0 amide bonds. The number of nitrogens with one attached hydrogen (secondary N) is 2. The molecule has 5 aromatic rings. The topological polar surface area (TPSA) is 181 Å². The Morgan fingerprint density at radius 1 is 0.742 bits per heavy atom. The minimum Gasteiger partial charge on any atom is -0.508 e. The molecule has 20 atom stereocenters. The molecule has 20 rings (SSSR count). The molecule has 8 saturated carbocycles. The van der Waals surface area contributed by atoms with Crippen molar-refractivity contribution in [2.24, 2.45) is 81.3 Å². The van der Waals surface area contributed by atoms with Crippen molar-refractivity contribution in [3.63, 3.8) is 0 Å². The van der Waals surface area contributed by atoms with Gasteiger partial charge in [0.1, 0.15) is 53.0 Å². The van der Waals surface area contributed by atoms with Gasteiger partial charge in [0.2, 0.25) is 0 Å². The lowest BCUT2D eigenvalue weighted by Gasteiger charge is -2.65. The number of phenolic OH excluding ortho intramolecular Hbond substituents is 3. The van der Waals surface area contributed by atoms with Gasteiger partial charge in [0.25, 0.3) is 0 Å². The molecule has 486 valence electrons. The molecule has 13 nitrogen and oxygen atoms in total. The Kier molecular flexibility index (Phi) is 13.4. The van der Waals surface area contributed by atoms with Crippen molar-refractivity contribution in [3.8, 4) is 63.2 Å². The van der Waals surface area contributed by atoms with Gasteiger partial charge in [-0.05, 0) is 226 Å². The van der Waals surface area contributed by atoms with Crippen LogP contribution in [0, 0.1) is 93.2 Å². The van der Waals surface area contributed by atoms with E-state index >= 15 is 0 Å². The van der Waals surface area contributed by atoms with Crippen LogP contribution in [0.15, 0.2) is 103 Å². The van der Waals surface area contributed by atoms with Gasteiger partial charge in [-0.1, -0.05) is 67.2 Å². The van der Waals surface area contributed by atoms with Gasteiger partial charge in [-0.15, -0.1) is 0 Å². The molecule has 4 aliphatic heterocycles. The summed E-state index contributed by atoms with van der Waals surface area (Å²) in [5.41, 5.74) is 4.38. The minimum atomic E-state index is -1.09. The zero-order valence-electron chi connectivity index (χ0n) is 53.6. The highest BCUT2D eigenvalue weighted by Gasteiger charge is 2.83. The van der Waals surface area contributed by atoms with E-state index in [0.717, 1.165) is 77.1 Å². The first-order chi connectivity index (χ1) is 45.4. The number of rotatable bonds is 10. The molecule has 0 aromatic heterocycles. The summed E-state index contributed by atoms with van der Waals surface area (Å²) in [5, 5.41) is 70.7. The van der Waals surface area contributed by atoms with Crippen LogP contribution in [-0.4, -0.2) is 94.6 Å². The van der Waals surface area contributed by atoms with E-state index in [1.54, 1.807) is 43.5 Å². The zero-order chi connectivity index (χ0) is 62.3. The van der Waals surface area contributed by atoms with Crippen molar-refractivity contribution < 1.29 is 54.0 Å². The summed E-state index contributed by atoms with van der Waals surface area (Å²) in [6.07, 6.45) is 27.5. The van der Waals surface area contributed by atoms with E-state index in [0.29, 0.717) is 102 Å². The molecule has 0 radical (unpaired) electrons. The molecule has 9 fully saturated rings. The van der Waals surface area contributed by atoms with E-state index in [2.05, 4.69) is 53.6 Å². The van der Waals surface area contributed by atoms with Crippen LogP contribution < -0.4 is 29.6 Å². The summed E-state index contributed by atoms with van der Waals surface area (Å²) >= 11 is 0. The summed E-state index contributed by atoms with van der Waals surface area (Å²) in [5.74, 6) is 12.4. The third kappa shape index (κ3) is 8.27. The second kappa shape index (κ2) is 21.4. The molecule has 4 heterocycles. The number of aliphatic hydroxyl groups excluding tert-OH is 2. The first-order valence-electron chi connectivity index (χ1n) is 36.0. The normalized spacial score (nSPS) is 40.4. The molecule has 15 aliphatic rings. The van der Waals surface area contributed by atoms with Crippen LogP contribution in [0.25, 0.3) is 21.9 Å². The van der Waals surface area contributed by atoms with Crippen LogP contribution in [0.1, 0.15) is 150 Å². The lowest BCUT2D eigenvalue weighted by Crippen LogP contribution is -2.83. The molecular weight excluding hydrogens is 1160 g/mol. The Balaban J connectivity index is 0.776. The number of benzene rings is 5. The summed E-state index contributed by atoms with van der Waals surface area (Å²) < 4.78 is 43.2. The maximum atomic E-state index is 13.9. The number of fused-ring (bicyclic) bond motifs is 7. The van der Waals surface area contributed by atoms with Crippen molar-refractivity contribution in [1.82, 2.24) is 10.6 Å². The van der Waals surface area contributed by atoms with Crippen molar-refractivity contribution in [3.05, 3.63) is 125 Å². The van der Waals surface area contributed by atoms with Gasteiger partial charge in [-0.2, -0.15) is 0 Å². The third-order valence-electron chi connectivity index (χ3n) is 28.1. The summed E-state index contributed by atoms with van der Waals surface area (Å²) in [6.45, 7) is 1.44. The average Bonchev–Trinajstić information content (AvgIpc) is 1.47. The monoisotopic (exact) mass is 1250 g/mol. The smallest absolute Gasteiger partial charge is 0.149 e. The standard InChI is InChI=1S/C80H90N2O11/c1-88-31-8-14-65-68(63-42-90-71-47(36-54(39-61(71)70(63)87)91-53-12-2-3-13-53)33-46-35-51(84)17-21-55(46)45-9-6-11-50(83)34-45)73-62-40-66(60-38-52(85)18-22-57(60)72(62)92-65)89-32-7-10-49-41-81-79(82-80(49)48-16-20-59(64(86)37-48)75(80)93-73)43-76(26-4-5-27-76)78-30-29-77-28-25-44-15-19-56(69(44)77)58(74(78)79)23-24-67(77)78/h6,9,11,16-18,20-24,34-36,38-40,44,48-49,53,56,58-59,63-65,67-70,73-75,81-87H,2-5,8,12-15,19,25-33,37,41-43H2,1H3. The molecule has 93 heavy (non-hydrogen) atoms. The maximum absolute atomic E-state index is 13.9. The van der Waals surface area contributed by atoms with Crippen molar-refractivity contribution >= 4 is 10.8 Å². The van der Waals surface area contributed by atoms with Crippen LogP contribution in [-0.2, 0) is 15.9 Å². The van der Waals surface area contributed by atoms with E-state index in [9.17, 15) is 25.5 Å². The highest BCUT2D eigenvalue weighted by molar-refractivity contribution is 5.96. The molecule has 8 bridgehead atoms. The van der Waals surface area contributed by atoms with E-state index < -0.39 is 53.6 Å². The van der Waals surface area contributed by atoms with E-state index in [4.69, 9.17) is 33.7 Å². The number of methoxy groups -OCH3 is 1. The number of hydrogen-bond acceptors (Lipinski definition) is 13. The molecule has 13 heteroatoms. The average molecular weight is 1260 g/mol. The lowest BCUT2D eigenvalue weighted by atomic mass is 9.50. The lowest BCUT2D eigenvalue weighted by molar-refractivity contribution is -0.212. The summed E-state index contributed by atoms with van der Waals surface area (Å²) in [4.78, 5) is 0. The fourth-order valence-electron chi connectivity index (χ4n) is 25.1. The summed E-state index contributed by atoms with van der Waals surface area (Å²) in [7, 11) is 1.74. The van der Waals surface area contributed by atoms with Gasteiger partial charge in [-0.25, -0.2) is 0 Å². The molecule has 20 unspecified atom stereocenters. The van der Waals surface area contributed by atoms with Crippen LogP contribution in [0.2, 0.25) is 0 Å². The van der Waals surface area contributed by atoms with Gasteiger partial charge in [0, 0.05) is 83.7 Å². The first kappa shape index (κ1) is 58.1. The third-order valence-corrected chi connectivity index (χ3v) is 28.1. The molecule has 11 aliphatic carbocycles. The van der Waals surface area contributed by atoms with Crippen molar-refractivity contribution in [2.75, 3.05) is 33.5 Å². The van der Waals surface area contributed by atoms with Crippen LogP contribution in [0.3, 0.4) is 0 Å². The Morgan fingerprint density at radius 2 is 1.59 bits per heavy atom. The maximum Gasteiger partial charge on any atom is 0.149 e. The fraction of sp³-hybridized carbons (Fsp3) is 0.575. The predicted octanol–water partition coefficient (Wildman–Crippen LogP) is 13.3. The second-order valence-electron chi connectivity index (χ2n) is 31.7. The number of aliphatic hydroxyl groups is 2. The highest BCUT2D eigenvalue weighted by atomic mass is 16.5. The first-order valence-corrected chi connectivity index (χ1v) is 36.0. The molecule has 1 saturated heterocycles. The quantitative estimate of drug-likeness (QED) is 0.0399. The van der Waals surface area contributed by atoms with Crippen molar-refractivity contribution in [1.29, 1.82) is 0 Å². The van der Waals surface area contributed by atoms with Crippen LogP contribution >= 0.6 is 0 Å². The minimum absolute atomic E-state index is 0.0270. The van der Waals surface area contributed by atoms with Crippen LogP contribution in [0.5, 0.6) is 40.2 Å². The van der Waals surface area contributed by atoms with E-state index in [1.807, 2.05) is 30.3 Å². The largest absolute Gasteiger partial charge is 0.508 e.